The van der Waals surface area contributed by atoms with Crippen LogP contribution in [0.25, 0.3) is 0 Å². The number of fused-ring (bicyclic) bond motifs is 2. The highest BCUT2D eigenvalue weighted by molar-refractivity contribution is 4.88. The highest BCUT2D eigenvalue weighted by Crippen LogP contribution is 2.35. The van der Waals surface area contributed by atoms with Crippen molar-refractivity contribution in [3.63, 3.8) is 0 Å². The highest BCUT2D eigenvalue weighted by atomic mass is 16.7. The summed E-state index contributed by atoms with van der Waals surface area (Å²) < 4.78 is 10.8. The molecule has 58 valence electrons. The quantitative estimate of drug-likeness (QED) is 0.574. The van der Waals surface area contributed by atoms with E-state index >= 15 is 0 Å². The van der Waals surface area contributed by atoms with Gasteiger partial charge in [-0.15, -0.1) is 0 Å². The van der Waals surface area contributed by atoms with E-state index in [1.54, 1.807) is 0 Å². The molecule has 2 saturated heterocycles. The first-order chi connectivity index (χ1) is 4.85. The number of ether oxygens (including phenoxy) is 2. The molecule has 3 heteroatoms. The van der Waals surface area contributed by atoms with E-state index in [-0.39, 0.29) is 18.5 Å². The van der Waals surface area contributed by atoms with Gasteiger partial charge < -0.3 is 14.6 Å². The van der Waals surface area contributed by atoms with Gasteiger partial charge in [0.2, 0.25) is 0 Å². The van der Waals surface area contributed by atoms with Crippen LogP contribution in [-0.2, 0) is 9.47 Å². The third-order valence-electron chi connectivity index (χ3n) is 2.27. The summed E-state index contributed by atoms with van der Waals surface area (Å²) >= 11 is 0. The maximum atomic E-state index is 8.96. The van der Waals surface area contributed by atoms with Crippen molar-refractivity contribution in [2.75, 3.05) is 13.2 Å². The first-order valence-corrected chi connectivity index (χ1v) is 3.75. The molecule has 2 heterocycles. The summed E-state index contributed by atoms with van der Waals surface area (Å²) in [6.45, 7) is 0.678. The van der Waals surface area contributed by atoms with E-state index < -0.39 is 0 Å². The van der Waals surface area contributed by atoms with Crippen LogP contribution >= 0.6 is 0 Å². The Bertz CT molecular complexity index is 133. The summed E-state index contributed by atoms with van der Waals surface area (Å²) in [7, 11) is 0. The van der Waals surface area contributed by atoms with Crippen LogP contribution in [0.3, 0.4) is 0 Å². The van der Waals surface area contributed by atoms with Crippen LogP contribution < -0.4 is 0 Å². The minimum absolute atomic E-state index is 0.0269. The van der Waals surface area contributed by atoms with Crippen LogP contribution in [0.1, 0.15) is 19.3 Å². The molecule has 2 aliphatic heterocycles. The molecule has 0 amide bonds. The van der Waals surface area contributed by atoms with Gasteiger partial charge in [0, 0.05) is 0 Å². The van der Waals surface area contributed by atoms with Crippen molar-refractivity contribution in [2.24, 2.45) is 0 Å². The summed E-state index contributed by atoms with van der Waals surface area (Å²) in [6.07, 6.45) is 3.02. The number of aliphatic hydroxyl groups excluding tert-OH is 1. The van der Waals surface area contributed by atoms with Crippen molar-refractivity contribution in [2.45, 2.75) is 31.2 Å². The average Bonchev–Trinajstić information content (AvgIpc) is 2.29. The van der Waals surface area contributed by atoms with Crippen molar-refractivity contribution in [1.82, 2.24) is 0 Å². The predicted molar refractivity (Wildman–Crippen MR) is 34.5 cm³/mol. The first kappa shape index (κ1) is 6.58. The smallest absolute Gasteiger partial charge is 0.158 e. The molecule has 2 rings (SSSR count). The van der Waals surface area contributed by atoms with E-state index in [1.165, 1.54) is 0 Å². The highest BCUT2D eigenvalue weighted by Gasteiger charge is 2.43. The molecule has 10 heavy (non-hydrogen) atoms. The van der Waals surface area contributed by atoms with E-state index in [1.807, 2.05) is 0 Å². The lowest BCUT2D eigenvalue weighted by Gasteiger charge is -2.28. The molecule has 0 saturated carbocycles. The van der Waals surface area contributed by atoms with E-state index in [4.69, 9.17) is 14.6 Å². The molecule has 0 aromatic heterocycles. The maximum absolute atomic E-state index is 8.96. The molecule has 0 spiro atoms. The monoisotopic (exact) mass is 144 g/mol. The third-order valence-corrected chi connectivity index (χ3v) is 2.27. The molecule has 2 atom stereocenters. The second-order valence-electron chi connectivity index (χ2n) is 3.09. The van der Waals surface area contributed by atoms with Gasteiger partial charge in [0.05, 0.1) is 13.2 Å². The Hall–Kier alpha value is -0.120. The molecule has 3 nitrogen and oxygen atoms in total. The van der Waals surface area contributed by atoms with Gasteiger partial charge in [-0.25, -0.2) is 0 Å². The van der Waals surface area contributed by atoms with Crippen molar-refractivity contribution in [1.29, 1.82) is 0 Å². The van der Waals surface area contributed by atoms with E-state index in [9.17, 15) is 0 Å². The summed E-state index contributed by atoms with van der Waals surface area (Å²) in [4.78, 5) is 0. The van der Waals surface area contributed by atoms with Crippen LogP contribution in [0.5, 0.6) is 0 Å². The van der Waals surface area contributed by atoms with Gasteiger partial charge in [0.25, 0.3) is 0 Å². The van der Waals surface area contributed by atoms with Gasteiger partial charge in [0.1, 0.15) is 5.60 Å². The van der Waals surface area contributed by atoms with Gasteiger partial charge in [-0.1, -0.05) is 0 Å². The zero-order valence-corrected chi connectivity index (χ0v) is 5.88. The topological polar surface area (TPSA) is 38.7 Å². The Balaban J connectivity index is 2.10. The lowest BCUT2D eigenvalue weighted by Crippen LogP contribution is -2.38. The molecule has 0 aromatic carbocycles. The standard InChI is InChI=1S/C7H12O3/c8-4-7-3-1-2-6(10-7)9-5-7/h6,8H,1-5H2/t6-,7+/m1/s1. The van der Waals surface area contributed by atoms with E-state index in [0.717, 1.165) is 19.3 Å². The van der Waals surface area contributed by atoms with Crippen LogP contribution in [0.4, 0.5) is 0 Å². The minimum Gasteiger partial charge on any atom is -0.393 e. The second-order valence-corrected chi connectivity index (χ2v) is 3.09. The van der Waals surface area contributed by atoms with Crippen molar-refractivity contribution < 1.29 is 14.6 Å². The summed E-state index contributed by atoms with van der Waals surface area (Å²) in [6, 6.07) is 0. The number of hydrogen-bond donors (Lipinski definition) is 1. The van der Waals surface area contributed by atoms with Crippen molar-refractivity contribution in [3.05, 3.63) is 0 Å². The van der Waals surface area contributed by atoms with E-state index in [2.05, 4.69) is 0 Å². The van der Waals surface area contributed by atoms with Crippen LogP contribution in [0, 0.1) is 0 Å². The molecule has 1 N–H and O–H groups in total. The Morgan fingerprint density at radius 3 is 3.20 bits per heavy atom. The van der Waals surface area contributed by atoms with Crippen LogP contribution in [0.15, 0.2) is 0 Å². The maximum Gasteiger partial charge on any atom is 0.158 e. The first-order valence-electron chi connectivity index (χ1n) is 3.75. The minimum atomic E-state index is -0.330. The summed E-state index contributed by atoms with van der Waals surface area (Å²) in [5.41, 5.74) is -0.330. The van der Waals surface area contributed by atoms with Gasteiger partial charge in [-0.05, 0) is 19.3 Å². The van der Waals surface area contributed by atoms with Gasteiger partial charge in [-0.3, -0.25) is 0 Å². The molecule has 0 aliphatic carbocycles. The zero-order valence-electron chi connectivity index (χ0n) is 5.88. The second kappa shape index (κ2) is 2.19. The molecule has 0 radical (unpaired) electrons. The molecule has 2 bridgehead atoms. The number of aliphatic hydroxyl groups is 1. The normalized spacial score (nSPS) is 45.9. The SMILES string of the molecule is OC[C@@]12CCC[C@H](OC1)O2. The predicted octanol–water partition coefficient (Wildman–Crippen LogP) is 0.274. The fourth-order valence-electron chi connectivity index (χ4n) is 1.62. The molecule has 2 fully saturated rings. The fourth-order valence-corrected chi connectivity index (χ4v) is 1.62. The third kappa shape index (κ3) is 0.856. The molecule has 2 aliphatic rings. The number of rotatable bonds is 1. The van der Waals surface area contributed by atoms with Crippen molar-refractivity contribution >= 4 is 0 Å². The Kier molecular flexibility index (Phi) is 1.44. The number of hydrogen-bond acceptors (Lipinski definition) is 3. The van der Waals surface area contributed by atoms with Gasteiger partial charge in [-0.2, -0.15) is 0 Å². The molecule has 0 aromatic rings. The van der Waals surface area contributed by atoms with Crippen LogP contribution in [-0.4, -0.2) is 30.2 Å². The molecule has 0 unspecified atom stereocenters. The Morgan fingerprint density at radius 2 is 2.50 bits per heavy atom. The lowest BCUT2D eigenvalue weighted by atomic mass is 9.97. The van der Waals surface area contributed by atoms with Gasteiger partial charge in [0.15, 0.2) is 6.29 Å². The lowest BCUT2D eigenvalue weighted by molar-refractivity contribution is -0.133. The Labute approximate surface area is 59.9 Å². The van der Waals surface area contributed by atoms with Crippen LogP contribution in [0.2, 0.25) is 0 Å². The van der Waals surface area contributed by atoms with E-state index in [0.29, 0.717) is 6.61 Å². The average molecular weight is 144 g/mol. The van der Waals surface area contributed by atoms with Gasteiger partial charge >= 0.3 is 0 Å². The molecular formula is C7H12O3. The molecular weight excluding hydrogens is 132 g/mol. The Morgan fingerprint density at radius 1 is 1.60 bits per heavy atom. The zero-order chi connectivity index (χ0) is 7.03. The fraction of sp³-hybridized carbons (Fsp3) is 1.00. The summed E-state index contributed by atoms with van der Waals surface area (Å²) in [5, 5.41) is 8.96. The largest absolute Gasteiger partial charge is 0.393 e. The summed E-state index contributed by atoms with van der Waals surface area (Å²) in [5.74, 6) is 0. The van der Waals surface area contributed by atoms with Crippen molar-refractivity contribution in [3.8, 4) is 0 Å².